The Balaban J connectivity index is 1.68. The zero-order valence-electron chi connectivity index (χ0n) is 13.4. The number of piperidine rings is 1. The van der Waals surface area contributed by atoms with Crippen LogP contribution in [0.4, 0.5) is 9.59 Å². The Morgan fingerprint density at radius 3 is 2.48 bits per heavy atom. The number of nitrogens with zero attached hydrogens (tertiary/aromatic N) is 2. The standard InChI is InChI=1S/C15H27N3O3/c1-15(2,3)21-14(20)18-9-5-12(6-10-18)4-8-17-11-7-16-13(17)19/h12H,4-11H2,1-3H3,(H,16,19). The fourth-order valence-corrected chi connectivity index (χ4v) is 2.79. The van der Waals surface area contributed by atoms with Gasteiger partial charge in [-0.3, -0.25) is 0 Å². The van der Waals surface area contributed by atoms with Crippen LogP contribution in [0, 0.1) is 5.92 Å². The number of ether oxygens (including phenoxy) is 1. The third-order valence-corrected chi connectivity index (χ3v) is 4.02. The molecule has 0 saturated carbocycles. The van der Waals surface area contributed by atoms with Gasteiger partial charge in [-0.1, -0.05) is 0 Å². The van der Waals surface area contributed by atoms with E-state index in [1.807, 2.05) is 25.7 Å². The Morgan fingerprint density at radius 2 is 1.95 bits per heavy atom. The maximum Gasteiger partial charge on any atom is 0.410 e. The molecule has 21 heavy (non-hydrogen) atoms. The molecule has 120 valence electrons. The largest absolute Gasteiger partial charge is 0.444 e. The van der Waals surface area contributed by atoms with Crippen LogP contribution in [0.1, 0.15) is 40.0 Å². The number of likely N-dealkylation sites (tertiary alicyclic amines) is 1. The Morgan fingerprint density at radius 1 is 1.29 bits per heavy atom. The van der Waals surface area contributed by atoms with Gasteiger partial charge in [0.05, 0.1) is 0 Å². The second-order valence-corrected chi connectivity index (χ2v) is 6.92. The summed E-state index contributed by atoms with van der Waals surface area (Å²) >= 11 is 0. The van der Waals surface area contributed by atoms with Crippen LogP contribution in [0.2, 0.25) is 0 Å². The summed E-state index contributed by atoms with van der Waals surface area (Å²) < 4.78 is 5.39. The van der Waals surface area contributed by atoms with Crippen LogP contribution in [-0.4, -0.2) is 60.2 Å². The van der Waals surface area contributed by atoms with Crippen molar-refractivity contribution in [2.24, 2.45) is 5.92 Å². The van der Waals surface area contributed by atoms with Crippen molar-refractivity contribution in [1.29, 1.82) is 0 Å². The van der Waals surface area contributed by atoms with Crippen molar-refractivity contribution in [2.75, 3.05) is 32.7 Å². The van der Waals surface area contributed by atoms with Crippen molar-refractivity contribution in [3.8, 4) is 0 Å². The van der Waals surface area contributed by atoms with E-state index in [2.05, 4.69) is 5.32 Å². The minimum atomic E-state index is -0.433. The molecule has 6 nitrogen and oxygen atoms in total. The zero-order chi connectivity index (χ0) is 15.5. The Hall–Kier alpha value is -1.46. The van der Waals surface area contributed by atoms with Gasteiger partial charge in [0.15, 0.2) is 0 Å². The number of urea groups is 1. The van der Waals surface area contributed by atoms with Crippen LogP contribution < -0.4 is 5.32 Å². The van der Waals surface area contributed by atoms with Gasteiger partial charge in [-0.05, 0) is 46.0 Å². The molecule has 0 bridgehead atoms. The van der Waals surface area contributed by atoms with Crippen LogP contribution in [-0.2, 0) is 4.74 Å². The molecule has 2 aliphatic rings. The summed E-state index contributed by atoms with van der Waals surface area (Å²) in [6, 6.07) is 0.0567. The lowest BCUT2D eigenvalue weighted by atomic mass is 9.93. The molecule has 0 aromatic carbocycles. The summed E-state index contributed by atoms with van der Waals surface area (Å²) in [5.41, 5.74) is -0.433. The quantitative estimate of drug-likeness (QED) is 0.867. The first-order valence-corrected chi connectivity index (χ1v) is 7.86. The highest BCUT2D eigenvalue weighted by Crippen LogP contribution is 2.22. The molecule has 3 amide bonds. The minimum Gasteiger partial charge on any atom is -0.444 e. The van der Waals surface area contributed by atoms with Crippen LogP contribution in [0.25, 0.3) is 0 Å². The lowest BCUT2D eigenvalue weighted by Gasteiger charge is -2.33. The van der Waals surface area contributed by atoms with Gasteiger partial charge >= 0.3 is 12.1 Å². The monoisotopic (exact) mass is 297 g/mol. The molecule has 2 aliphatic heterocycles. The molecule has 2 saturated heterocycles. The highest BCUT2D eigenvalue weighted by atomic mass is 16.6. The van der Waals surface area contributed by atoms with Gasteiger partial charge in [-0.2, -0.15) is 0 Å². The van der Waals surface area contributed by atoms with E-state index in [1.54, 1.807) is 4.90 Å². The summed E-state index contributed by atoms with van der Waals surface area (Å²) in [5.74, 6) is 0.595. The summed E-state index contributed by atoms with van der Waals surface area (Å²) in [6.07, 6.45) is 2.80. The number of carbonyl (C=O) groups is 2. The van der Waals surface area contributed by atoms with Crippen molar-refractivity contribution in [3.05, 3.63) is 0 Å². The second kappa shape index (κ2) is 6.54. The lowest BCUT2D eigenvalue weighted by molar-refractivity contribution is 0.0179. The molecule has 0 aromatic rings. The topological polar surface area (TPSA) is 61.9 Å². The molecule has 0 spiro atoms. The number of nitrogens with one attached hydrogen (secondary N) is 1. The highest BCUT2D eigenvalue weighted by Gasteiger charge is 2.27. The first-order valence-electron chi connectivity index (χ1n) is 7.86. The van der Waals surface area contributed by atoms with Gasteiger partial charge in [-0.25, -0.2) is 9.59 Å². The number of hydrogen-bond donors (Lipinski definition) is 1. The minimum absolute atomic E-state index is 0.0567. The van der Waals surface area contributed by atoms with E-state index in [0.29, 0.717) is 5.92 Å². The maximum atomic E-state index is 12.0. The molecule has 0 radical (unpaired) electrons. The van der Waals surface area contributed by atoms with E-state index in [1.165, 1.54) is 0 Å². The van der Waals surface area contributed by atoms with E-state index in [-0.39, 0.29) is 12.1 Å². The number of amides is 3. The van der Waals surface area contributed by atoms with Gasteiger partial charge in [-0.15, -0.1) is 0 Å². The third kappa shape index (κ3) is 4.79. The molecule has 0 atom stereocenters. The summed E-state index contributed by atoms with van der Waals surface area (Å²) in [4.78, 5) is 27.1. The fourth-order valence-electron chi connectivity index (χ4n) is 2.79. The molecule has 2 rings (SSSR count). The Kier molecular flexibility index (Phi) is 4.96. The van der Waals surface area contributed by atoms with E-state index in [9.17, 15) is 9.59 Å². The number of carbonyl (C=O) groups excluding carboxylic acids is 2. The predicted molar refractivity (Wildman–Crippen MR) is 80.1 cm³/mol. The van der Waals surface area contributed by atoms with Gasteiger partial charge in [0, 0.05) is 32.7 Å². The molecule has 6 heteroatoms. The van der Waals surface area contributed by atoms with E-state index in [0.717, 1.165) is 52.0 Å². The van der Waals surface area contributed by atoms with Crippen molar-refractivity contribution in [2.45, 2.75) is 45.6 Å². The molecule has 2 fully saturated rings. The first kappa shape index (κ1) is 15.9. The maximum absolute atomic E-state index is 12.0. The Labute approximate surface area is 126 Å². The van der Waals surface area contributed by atoms with Crippen LogP contribution in [0.15, 0.2) is 0 Å². The highest BCUT2D eigenvalue weighted by molar-refractivity contribution is 5.76. The molecule has 2 heterocycles. The Bertz CT molecular complexity index is 384. The van der Waals surface area contributed by atoms with Crippen LogP contribution in [0.3, 0.4) is 0 Å². The van der Waals surface area contributed by atoms with Crippen LogP contribution >= 0.6 is 0 Å². The zero-order valence-corrected chi connectivity index (χ0v) is 13.4. The van der Waals surface area contributed by atoms with Gasteiger partial charge in [0.2, 0.25) is 0 Å². The number of rotatable bonds is 3. The molecule has 0 unspecified atom stereocenters. The number of hydrogen-bond acceptors (Lipinski definition) is 3. The molecule has 1 N–H and O–H groups in total. The average molecular weight is 297 g/mol. The molecule has 0 aromatic heterocycles. The average Bonchev–Trinajstić information content (AvgIpc) is 2.80. The predicted octanol–water partition coefficient (Wildman–Crippen LogP) is 2.05. The first-order chi connectivity index (χ1) is 9.85. The molecular formula is C15H27N3O3. The van der Waals surface area contributed by atoms with Crippen molar-refractivity contribution in [3.63, 3.8) is 0 Å². The van der Waals surface area contributed by atoms with Crippen molar-refractivity contribution in [1.82, 2.24) is 15.1 Å². The van der Waals surface area contributed by atoms with Gasteiger partial charge in [0.25, 0.3) is 0 Å². The third-order valence-electron chi connectivity index (χ3n) is 4.02. The van der Waals surface area contributed by atoms with Crippen molar-refractivity contribution >= 4 is 12.1 Å². The van der Waals surface area contributed by atoms with Crippen molar-refractivity contribution < 1.29 is 14.3 Å². The SMILES string of the molecule is CC(C)(C)OC(=O)N1CCC(CCN2CCNC2=O)CC1. The summed E-state index contributed by atoms with van der Waals surface area (Å²) in [6.45, 7) is 9.57. The second-order valence-electron chi connectivity index (χ2n) is 6.92. The van der Waals surface area contributed by atoms with E-state index < -0.39 is 5.60 Å². The lowest BCUT2D eigenvalue weighted by Crippen LogP contribution is -2.42. The fraction of sp³-hybridized carbons (Fsp3) is 0.867. The van der Waals surface area contributed by atoms with E-state index in [4.69, 9.17) is 4.74 Å². The van der Waals surface area contributed by atoms with Gasteiger partial charge in [0.1, 0.15) is 5.60 Å². The van der Waals surface area contributed by atoms with Gasteiger partial charge < -0.3 is 19.9 Å². The molecule has 0 aliphatic carbocycles. The normalized spacial score (nSPS) is 20.6. The summed E-state index contributed by atoms with van der Waals surface area (Å²) in [7, 11) is 0. The smallest absolute Gasteiger partial charge is 0.410 e. The summed E-state index contributed by atoms with van der Waals surface area (Å²) in [5, 5.41) is 2.82. The van der Waals surface area contributed by atoms with E-state index >= 15 is 0 Å². The molecular weight excluding hydrogens is 270 g/mol. The van der Waals surface area contributed by atoms with Crippen LogP contribution in [0.5, 0.6) is 0 Å².